The highest BCUT2D eigenvalue weighted by Crippen LogP contribution is 2.60. The minimum Gasteiger partial charge on any atom is -0.310 e. The first-order valence-corrected chi connectivity index (χ1v) is 23.6. The van der Waals surface area contributed by atoms with E-state index in [-0.39, 0.29) is 0 Å². The van der Waals surface area contributed by atoms with Gasteiger partial charge < -0.3 is 4.90 Å². The number of hydrogen-bond acceptors (Lipinski definition) is 1. The van der Waals surface area contributed by atoms with Crippen LogP contribution in [0.15, 0.2) is 273 Å². The van der Waals surface area contributed by atoms with Crippen LogP contribution in [0.25, 0.3) is 76.8 Å². The van der Waals surface area contributed by atoms with Crippen LogP contribution in [0.1, 0.15) is 22.3 Å². The van der Waals surface area contributed by atoms with Gasteiger partial charge >= 0.3 is 0 Å². The Balaban J connectivity index is 1.13. The number of anilines is 3. The van der Waals surface area contributed by atoms with Crippen LogP contribution < -0.4 is 4.90 Å². The zero-order chi connectivity index (χ0) is 45.0. The van der Waals surface area contributed by atoms with Crippen LogP contribution >= 0.6 is 0 Å². The summed E-state index contributed by atoms with van der Waals surface area (Å²) in [5.41, 5.74) is 17.6. The van der Waals surface area contributed by atoms with E-state index in [1.54, 1.807) is 0 Å². The lowest BCUT2D eigenvalue weighted by atomic mass is 9.68. The molecule has 0 saturated heterocycles. The second-order valence-corrected chi connectivity index (χ2v) is 17.9. The predicted octanol–water partition coefficient (Wildman–Crippen LogP) is 18.0. The summed E-state index contributed by atoms with van der Waals surface area (Å²) in [6, 6.07) is 101. The Hall–Kier alpha value is -8.78. The number of fused-ring (bicyclic) bond motifs is 7. The fourth-order valence-electron chi connectivity index (χ4n) is 11.4. The van der Waals surface area contributed by atoms with Crippen LogP contribution in [0.3, 0.4) is 0 Å². The van der Waals surface area contributed by atoms with Crippen molar-refractivity contribution in [1.29, 1.82) is 0 Å². The van der Waals surface area contributed by atoms with E-state index in [2.05, 4.69) is 278 Å². The number of rotatable bonds is 8. The number of nitrogens with zero attached hydrogens (tertiary/aromatic N) is 1. The van der Waals surface area contributed by atoms with Crippen LogP contribution in [0.2, 0.25) is 0 Å². The van der Waals surface area contributed by atoms with E-state index in [0.717, 1.165) is 17.1 Å². The molecule has 0 aromatic heterocycles. The van der Waals surface area contributed by atoms with Gasteiger partial charge in [-0.1, -0.05) is 237 Å². The fourth-order valence-corrected chi connectivity index (χ4v) is 11.4. The molecule has 12 aromatic rings. The molecule has 0 radical (unpaired) electrons. The Labute approximate surface area is 397 Å². The third-order valence-electron chi connectivity index (χ3n) is 14.3. The monoisotopic (exact) mass is 863 g/mol. The van der Waals surface area contributed by atoms with Gasteiger partial charge in [-0.05, 0) is 130 Å². The lowest BCUT2D eigenvalue weighted by Gasteiger charge is -2.34. The van der Waals surface area contributed by atoms with Crippen molar-refractivity contribution >= 4 is 49.4 Å². The minimum absolute atomic E-state index is 0.541. The molecule has 0 N–H and O–H groups in total. The maximum atomic E-state index is 2.53. The van der Waals surface area contributed by atoms with Crippen molar-refractivity contribution in [1.82, 2.24) is 0 Å². The second kappa shape index (κ2) is 16.3. The highest BCUT2D eigenvalue weighted by molar-refractivity contribution is 6.22. The Bertz CT molecular complexity index is 3780. The maximum absolute atomic E-state index is 2.53. The smallest absolute Gasteiger partial charge is 0.0714 e. The summed E-state index contributed by atoms with van der Waals surface area (Å²) in [5, 5.41) is 7.31. The fraction of sp³-hybridized carbons (Fsp3) is 0.0149. The molecule has 0 bridgehead atoms. The molecule has 0 unspecified atom stereocenters. The van der Waals surface area contributed by atoms with Gasteiger partial charge in [0, 0.05) is 16.9 Å². The van der Waals surface area contributed by atoms with E-state index in [1.165, 1.54) is 99.1 Å². The molecular weight excluding hydrogens is 819 g/mol. The van der Waals surface area contributed by atoms with Crippen LogP contribution in [-0.2, 0) is 5.41 Å². The predicted molar refractivity (Wildman–Crippen MR) is 287 cm³/mol. The molecule has 0 spiro atoms. The molecule has 12 aromatic carbocycles. The van der Waals surface area contributed by atoms with E-state index in [0.29, 0.717) is 0 Å². The zero-order valence-corrected chi connectivity index (χ0v) is 37.4. The van der Waals surface area contributed by atoms with Crippen molar-refractivity contribution in [3.8, 4) is 44.5 Å². The lowest BCUT2D eigenvalue weighted by Crippen LogP contribution is -2.28. The summed E-state index contributed by atoms with van der Waals surface area (Å²) in [7, 11) is 0. The van der Waals surface area contributed by atoms with Crippen molar-refractivity contribution in [2.75, 3.05) is 4.90 Å². The third-order valence-corrected chi connectivity index (χ3v) is 14.3. The van der Waals surface area contributed by atoms with Gasteiger partial charge in [0.05, 0.1) is 11.1 Å². The average molecular weight is 864 g/mol. The molecule has 0 atom stereocenters. The van der Waals surface area contributed by atoms with Crippen LogP contribution in [0.4, 0.5) is 17.1 Å². The topological polar surface area (TPSA) is 3.24 Å². The van der Waals surface area contributed by atoms with Crippen LogP contribution in [0.5, 0.6) is 0 Å². The molecular formula is C67H45N. The summed E-state index contributed by atoms with van der Waals surface area (Å²) in [5.74, 6) is 0. The second-order valence-electron chi connectivity index (χ2n) is 17.9. The highest BCUT2D eigenvalue weighted by atomic mass is 15.1. The molecule has 68 heavy (non-hydrogen) atoms. The summed E-state index contributed by atoms with van der Waals surface area (Å²) in [6.07, 6.45) is 0. The molecule has 0 fully saturated rings. The van der Waals surface area contributed by atoms with Crippen molar-refractivity contribution in [3.05, 3.63) is 295 Å². The highest BCUT2D eigenvalue weighted by Gasteiger charge is 2.47. The molecule has 318 valence electrons. The summed E-state index contributed by atoms with van der Waals surface area (Å²) in [6.45, 7) is 0. The summed E-state index contributed by atoms with van der Waals surface area (Å²) in [4.78, 5) is 2.53. The first kappa shape index (κ1) is 39.6. The van der Waals surface area contributed by atoms with Gasteiger partial charge in [0.25, 0.3) is 0 Å². The van der Waals surface area contributed by atoms with Crippen LogP contribution in [-0.4, -0.2) is 0 Å². The standard InChI is InChI=1S/C67H45N/c1-6-21-46(22-7-1)49-37-38-51-44-54(40-39-50(51)43-49)68(63-36-20-35-62-66(63)59-33-18-19-34-61(59)67(62,52-27-12-4-13-28-52)53-29-14-5-15-30-53)55-41-42-57-56-31-16-17-32-58(56)64(47-23-8-2-9-24-47)65(60(57)45-55)48-25-10-3-11-26-48/h1-45H. The molecule has 0 aliphatic heterocycles. The van der Waals surface area contributed by atoms with Gasteiger partial charge in [-0.15, -0.1) is 0 Å². The van der Waals surface area contributed by atoms with Gasteiger partial charge in [0.15, 0.2) is 0 Å². The minimum atomic E-state index is -0.541. The quantitative estimate of drug-likeness (QED) is 0.138. The van der Waals surface area contributed by atoms with E-state index < -0.39 is 5.41 Å². The van der Waals surface area contributed by atoms with E-state index in [4.69, 9.17) is 0 Å². The number of hydrogen-bond donors (Lipinski definition) is 0. The first-order valence-electron chi connectivity index (χ1n) is 23.6. The van der Waals surface area contributed by atoms with Crippen molar-refractivity contribution < 1.29 is 0 Å². The van der Waals surface area contributed by atoms with Gasteiger partial charge in [-0.25, -0.2) is 0 Å². The van der Waals surface area contributed by atoms with Gasteiger partial charge in [-0.2, -0.15) is 0 Å². The molecule has 0 saturated carbocycles. The van der Waals surface area contributed by atoms with E-state index in [9.17, 15) is 0 Å². The molecule has 0 heterocycles. The zero-order valence-electron chi connectivity index (χ0n) is 37.4. The Morgan fingerprint density at radius 2 is 0.750 bits per heavy atom. The van der Waals surface area contributed by atoms with Crippen molar-refractivity contribution in [2.24, 2.45) is 0 Å². The van der Waals surface area contributed by atoms with E-state index in [1.807, 2.05) is 0 Å². The molecule has 1 aliphatic rings. The summed E-state index contributed by atoms with van der Waals surface area (Å²) < 4.78 is 0. The van der Waals surface area contributed by atoms with Gasteiger partial charge in [-0.3, -0.25) is 0 Å². The first-order chi connectivity index (χ1) is 33.8. The molecule has 1 nitrogen and oxygen atoms in total. The maximum Gasteiger partial charge on any atom is 0.0714 e. The average Bonchev–Trinajstić information content (AvgIpc) is 3.73. The lowest BCUT2D eigenvalue weighted by molar-refractivity contribution is 0.768. The Kier molecular flexibility index (Phi) is 9.47. The third kappa shape index (κ3) is 6.24. The molecule has 0 amide bonds. The SMILES string of the molecule is c1ccc(-c2ccc3cc(N(c4ccc5c(c4)c(-c4ccccc4)c(-c4ccccc4)c4ccccc45)c4cccc5c4-c4ccccc4C5(c4ccccc4)c4ccccc4)ccc3c2)cc1. The molecule has 1 aliphatic carbocycles. The van der Waals surface area contributed by atoms with Crippen molar-refractivity contribution in [3.63, 3.8) is 0 Å². The van der Waals surface area contributed by atoms with Gasteiger partial charge in [0.2, 0.25) is 0 Å². The molecule has 13 rings (SSSR count). The van der Waals surface area contributed by atoms with Gasteiger partial charge in [0.1, 0.15) is 0 Å². The van der Waals surface area contributed by atoms with Crippen molar-refractivity contribution in [2.45, 2.75) is 5.41 Å². The Morgan fingerprint density at radius 1 is 0.265 bits per heavy atom. The largest absolute Gasteiger partial charge is 0.310 e. The number of benzene rings is 12. The van der Waals surface area contributed by atoms with Crippen LogP contribution in [0, 0.1) is 0 Å². The van der Waals surface area contributed by atoms with E-state index >= 15 is 0 Å². The molecule has 1 heteroatoms. The Morgan fingerprint density at radius 3 is 1.43 bits per heavy atom. The summed E-state index contributed by atoms with van der Waals surface area (Å²) >= 11 is 0. The normalized spacial score (nSPS) is 12.5.